The maximum Gasteiger partial charge on any atom is 0.498 e. The molecule has 0 N–H and O–H groups in total. The van der Waals surface area contributed by atoms with Crippen molar-refractivity contribution in [3.8, 4) is 5.75 Å². The van der Waals surface area contributed by atoms with Gasteiger partial charge >= 0.3 is 7.12 Å². The Morgan fingerprint density at radius 1 is 1.03 bits per heavy atom. The second-order valence-electron chi connectivity index (χ2n) is 9.72. The molecule has 3 fully saturated rings. The van der Waals surface area contributed by atoms with Crippen molar-refractivity contribution in [3.05, 3.63) is 23.8 Å². The lowest BCUT2D eigenvalue weighted by Crippen LogP contribution is -2.50. The summed E-state index contributed by atoms with van der Waals surface area (Å²) in [6.07, 6.45) is 2.02. The Bertz CT molecular complexity index is 785. The number of nitrogens with zero attached hydrogens (tertiary/aromatic N) is 2. The standard InChI is InChI=1S/C23H35BN2O5/c1-22(2)23(3,4)31-24(30-22)19-7-6-17(16-20(19)28-5)21(27)26-10-8-18(9-11-26)25-12-14-29-15-13-25/h6-7,16,18H,8-15H2,1-5H3. The second kappa shape index (κ2) is 8.73. The van der Waals surface area contributed by atoms with Crippen LogP contribution in [0.4, 0.5) is 0 Å². The molecule has 31 heavy (non-hydrogen) atoms. The zero-order valence-electron chi connectivity index (χ0n) is 19.5. The fourth-order valence-corrected chi connectivity index (χ4v) is 4.57. The Hall–Kier alpha value is -1.61. The highest BCUT2D eigenvalue weighted by Gasteiger charge is 2.52. The summed E-state index contributed by atoms with van der Waals surface area (Å²) in [6.45, 7) is 13.3. The van der Waals surface area contributed by atoms with Gasteiger partial charge in [-0.15, -0.1) is 0 Å². The van der Waals surface area contributed by atoms with Gasteiger partial charge in [0.1, 0.15) is 5.75 Å². The molecule has 1 aromatic rings. The van der Waals surface area contributed by atoms with Gasteiger partial charge in [0, 0.05) is 43.2 Å². The van der Waals surface area contributed by atoms with E-state index in [4.69, 9.17) is 18.8 Å². The SMILES string of the molecule is COc1cc(C(=O)N2CCC(N3CCOCC3)CC2)ccc1B1OC(C)(C)C(C)(C)O1. The van der Waals surface area contributed by atoms with Crippen LogP contribution in [-0.2, 0) is 14.0 Å². The van der Waals surface area contributed by atoms with E-state index in [0.717, 1.165) is 57.7 Å². The second-order valence-corrected chi connectivity index (χ2v) is 9.72. The van der Waals surface area contributed by atoms with E-state index in [1.54, 1.807) is 7.11 Å². The van der Waals surface area contributed by atoms with E-state index in [1.807, 2.05) is 50.8 Å². The van der Waals surface area contributed by atoms with Crippen LogP contribution in [0, 0.1) is 0 Å². The lowest BCUT2D eigenvalue weighted by Gasteiger charge is -2.40. The van der Waals surface area contributed by atoms with Gasteiger partial charge in [-0.3, -0.25) is 9.69 Å². The van der Waals surface area contributed by atoms with Gasteiger partial charge in [0.2, 0.25) is 0 Å². The fourth-order valence-electron chi connectivity index (χ4n) is 4.57. The van der Waals surface area contributed by atoms with E-state index >= 15 is 0 Å². The van der Waals surface area contributed by atoms with Gasteiger partial charge in [-0.05, 0) is 52.7 Å². The van der Waals surface area contributed by atoms with Gasteiger partial charge in [-0.2, -0.15) is 0 Å². The first kappa shape index (κ1) is 22.6. The first-order valence-corrected chi connectivity index (χ1v) is 11.4. The number of benzene rings is 1. The van der Waals surface area contributed by atoms with E-state index in [1.165, 1.54) is 0 Å². The number of amides is 1. The summed E-state index contributed by atoms with van der Waals surface area (Å²) in [4.78, 5) is 17.6. The van der Waals surface area contributed by atoms with Crippen LogP contribution in [-0.4, -0.2) is 86.6 Å². The summed E-state index contributed by atoms with van der Waals surface area (Å²) < 4.78 is 23.4. The third-order valence-corrected chi connectivity index (χ3v) is 7.30. The molecule has 3 aliphatic heterocycles. The molecule has 0 spiro atoms. The first-order chi connectivity index (χ1) is 14.7. The number of morpholine rings is 1. The molecule has 3 aliphatic rings. The highest BCUT2D eigenvalue weighted by molar-refractivity contribution is 6.63. The van der Waals surface area contributed by atoms with Crippen LogP contribution in [0.25, 0.3) is 0 Å². The minimum atomic E-state index is -0.520. The normalized spacial score (nSPS) is 24.4. The Kier molecular flexibility index (Phi) is 6.36. The number of ether oxygens (including phenoxy) is 2. The number of carbonyl (C=O) groups is 1. The van der Waals surface area contributed by atoms with Gasteiger partial charge in [-0.1, -0.05) is 6.07 Å². The zero-order chi connectivity index (χ0) is 22.2. The van der Waals surface area contributed by atoms with Crippen molar-refractivity contribution in [2.24, 2.45) is 0 Å². The van der Waals surface area contributed by atoms with Crippen LogP contribution in [0.2, 0.25) is 0 Å². The molecule has 0 aromatic heterocycles. The monoisotopic (exact) mass is 430 g/mol. The molecule has 1 amide bonds. The molecule has 0 atom stereocenters. The quantitative estimate of drug-likeness (QED) is 0.681. The number of methoxy groups -OCH3 is 1. The highest BCUT2D eigenvalue weighted by atomic mass is 16.7. The van der Waals surface area contributed by atoms with Crippen molar-refractivity contribution in [1.82, 2.24) is 9.80 Å². The molecular weight excluding hydrogens is 395 g/mol. The lowest BCUT2D eigenvalue weighted by molar-refractivity contribution is 0.00159. The van der Waals surface area contributed by atoms with Crippen molar-refractivity contribution >= 4 is 18.5 Å². The molecule has 3 saturated heterocycles. The number of carbonyl (C=O) groups excluding carboxylic acids is 1. The number of rotatable bonds is 4. The van der Waals surface area contributed by atoms with Crippen LogP contribution in [0.5, 0.6) is 5.75 Å². The summed E-state index contributed by atoms with van der Waals surface area (Å²) in [5.74, 6) is 0.673. The average molecular weight is 430 g/mol. The number of likely N-dealkylation sites (tertiary alicyclic amines) is 1. The Labute approximate surface area is 186 Å². The van der Waals surface area contributed by atoms with E-state index in [-0.39, 0.29) is 5.91 Å². The van der Waals surface area contributed by atoms with Crippen molar-refractivity contribution in [2.45, 2.75) is 57.8 Å². The first-order valence-electron chi connectivity index (χ1n) is 11.4. The van der Waals surface area contributed by atoms with Crippen molar-refractivity contribution < 1.29 is 23.6 Å². The third-order valence-electron chi connectivity index (χ3n) is 7.30. The highest BCUT2D eigenvalue weighted by Crippen LogP contribution is 2.37. The Morgan fingerprint density at radius 2 is 1.65 bits per heavy atom. The molecule has 0 aliphatic carbocycles. The van der Waals surface area contributed by atoms with Gasteiger partial charge in [0.25, 0.3) is 5.91 Å². The van der Waals surface area contributed by atoms with Gasteiger partial charge < -0.3 is 23.7 Å². The Morgan fingerprint density at radius 3 is 2.23 bits per heavy atom. The summed E-state index contributed by atoms with van der Waals surface area (Å²) in [6, 6.07) is 6.12. The number of piperidine rings is 1. The molecule has 0 radical (unpaired) electrons. The van der Waals surface area contributed by atoms with E-state index in [9.17, 15) is 4.79 Å². The topological polar surface area (TPSA) is 60.5 Å². The molecule has 3 heterocycles. The molecule has 170 valence electrons. The smallest absolute Gasteiger partial charge is 0.497 e. The van der Waals surface area contributed by atoms with Gasteiger partial charge in [-0.25, -0.2) is 0 Å². The summed E-state index contributed by atoms with van der Waals surface area (Å²) >= 11 is 0. The van der Waals surface area contributed by atoms with Gasteiger partial charge in [0.15, 0.2) is 0 Å². The van der Waals surface area contributed by atoms with Crippen LogP contribution in [0.3, 0.4) is 0 Å². The molecule has 0 unspecified atom stereocenters. The van der Waals surface area contributed by atoms with Crippen LogP contribution in [0.1, 0.15) is 50.9 Å². The molecule has 0 saturated carbocycles. The van der Waals surface area contributed by atoms with Crippen LogP contribution < -0.4 is 10.2 Å². The lowest BCUT2D eigenvalue weighted by atomic mass is 9.78. The minimum Gasteiger partial charge on any atom is -0.497 e. The molecule has 0 bridgehead atoms. The molecule has 4 rings (SSSR count). The summed E-state index contributed by atoms with van der Waals surface area (Å²) in [7, 11) is 1.10. The van der Waals surface area contributed by atoms with E-state index in [2.05, 4.69) is 4.90 Å². The maximum atomic E-state index is 13.2. The van der Waals surface area contributed by atoms with E-state index < -0.39 is 18.3 Å². The van der Waals surface area contributed by atoms with Crippen molar-refractivity contribution in [3.63, 3.8) is 0 Å². The zero-order valence-corrected chi connectivity index (χ0v) is 19.5. The minimum absolute atomic E-state index is 0.0548. The van der Waals surface area contributed by atoms with Crippen molar-refractivity contribution in [2.75, 3.05) is 46.5 Å². The molecule has 8 heteroatoms. The predicted octanol–water partition coefficient (Wildman–Crippen LogP) is 1.93. The van der Waals surface area contributed by atoms with Crippen molar-refractivity contribution in [1.29, 1.82) is 0 Å². The Balaban J connectivity index is 1.43. The fraction of sp³-hybridized carbons (Fsp3) is 0.696. The maximum absolute atomic E-state index is 13.2. The molecule has 7 nitrogen and oxygen atoms in total. The molecular formula is C23H35BN2O5. The molecule has 1 aromatic carbocycles. The van der Waals surface area contributed by atoms with Crippen LogP contribution >= 0.6 is 0 Å². The largest absolute Gasteiger partial charge is 0.498 e. The predicted molar refractivity (Wildman–Crippen MR) is 120 cm³/mol. The summed E-state index contributed by atoms with van der Waals surface area (Å²) in [5, 5.41) is 0. The average Bonchev–Trinajstić information content (AvgIpc) is 3.00. The number of hydrogen-bond acceptors (Lipinski definition) is 6. The summed E-state index contributed by atoms with van der Waals surface area (Å²) in [5.41, 5.74) is 0.593. The third kappa shape index (κ3) is 4.49. The van der Waals surface area contributed by atoms with E-state index in [0.29, 0.717) is 17.4 Å². The number of hydrogen-bond donors (Lipinski definition) is 0. The van der Waals surface area contributed by atoms with Gasteiger partial charge in [0.05, 0.1) is 31.5 Å². The van der Waals surface area contributed by atoms with Crippen LogP contribution in [0.15, 0.2) is 18.2 Å².